The average Bonchev–Trinajstić information content (AvgIpc) is 2.89. The van der Waals surface area contributed by atoms with E-state index < -0.39 is 10.0 Å². The van der Waals surface area contributed by atoms with E-state index in [9.17, 15) is 8.42 Å². The van der Waals surface area contributed by atoms with Gasteiger partial charge < -0.3 is 4.98 Å². The third-order valence-electron chi connectivity index (χ3n) is 2.30. The summed E-state index contributed by atoms with van der Waals surface area (Å²) in [4.78, 5) is 6.55. The van der Waals surface area contributed by atoms with Crippen molar-refractivity contribution >= 4 is 10.0 Å². The van der Waals surface area contributed by atoms with Gasteiger partial charge in [0.25, 0.3) is 0 Å². The molecule has 18 heavy (non-hydrogen) atoms. The standard InChI is InChI=1S/C11H10N4O2S/c12-5-9-3-1-2-4-11(9)18(16,17)15-7-10-6-13-8-14-10/h1-4,6,8,15H,7H2,(H,13,14). The molecule has 92 valence electrons. The summed E-state index contributed by atoms with van der Waals surface area (Å²) in [6, 6.07) is 7.91. The molecule has 6 nitrogen and oxygen atoms in total. The highest BCUT2D eigenvalue weighted by Crippen LogP contribution is 2.14. The smallest absolute Gasteiger partial charge is 0.242 e. The van der Waals surface area contributed by atoms with E-state index >= 15 is 0 Å². The molecule has 1 heterocycles. The highest BCUT2D eigenvalue weighted by molar-refractivity contribution is 7.89. The number of hydrogen-bond acceptors (Lipinski definition) is 4. The molecule has 1 aromatic heterocycles. The van der Waals surface area contributed by atoms with E-state index in [1.54, 1.807) is 12.1 Å². The SMILES string of the molecule is N#Cc1ccccc1S(=O)(=O)NCc1cnc[nH]1. The van der Waals surface area contributed by atoms with Crippen LogP contribution in [0.25, 0.3) is 0 Å². The zero-order valence-electron chi connectivity index (χ0n) is 9.29. The number of aromatic nitrogens is 2. The van der Waals surface area contributed by atoms with Gasteiger partial charge in [-0.25, -0.2) is 18.1 Å². The normalized spacial score (nSPS) is 11.1. The van der Waals surface area contributed by atoms with Crippen LogP contribution < -0.4 is 4.72 Å². The first kappa shape index (κ1) is 12.3. The third kappa shape index (κ3) is 2.56. The van der Waals surface area contributed by atoms with Gasteiger partial charge in [-0.1, -0.05) is 12.1 Å². The Balaban J connectivity index is 2.23. The third-order valence-corrected chi connectivity index (χ3v) is 3.76. The van der Waals surface area contributed by atoms with Gasteiger partial charge in [0.1, 0.15) is 6.07 Å². The van der Waals surface area contributed by atoms with Gasteiger partial charge in [-0.3, -0.25) is 0 Å². The summed E-state index contributed by atoms with van der Waals surface area (Å²) in [5, 5.41) is 8.88. The summed E-state index contributed by atoms with van der Waals surface area (Å²) in [6.07, 6.45) is 2.99. The number of sulfonamides is 1. The van der Waals surface area contributed by atoms with Crippen LogP contribution in [0.1, 0.15) is 11.3 Å². The first-order valence-corrected chi connectivity index (χ1v) is 6.58. The van der Waals surface area contributed by atoms with Gasteiger partial charge >= 0.3 is 0 Å². The molecule has 0 aliphatic carbocycles. The number of nitriles is 1. The minimum absolute atomic E-state index is 0.0213. The average molecular weight is 262 g/mol. The molecule has 0 amide bonds. The van der Waals surface area contributed by atoms with Crippen molar-refractivity contribution in [3.8, 4) is 6.07 Å². The maximum absolute atomic E-state index is 12.0. The zero-order valence-corrected chi connectivity index (χ0v) is 10.1. The first-order valence-electron chi connectivity index (χ1n) is 5.09. The van der Waals surface area contributed by atoms with Crippen LogP contribution in [-0.2, 0) is 16.6 Å². The molecule has 0 radical (unpaired) electrons. The minimum atomic E-state index is -3.70. The van der Waals surface area contributed by atoms with Gasteiger partial charge in [-0.2, -0.15) is 5.26 Å². The number of rotatable bonds is 4. The van der Waals surface area contributed by atoms with Gasteiger partial charge in [-0.05, 0) is 12.1 Å². The Bertz CT molecular complexity index is 671. The fourth-order valence-electron chi connectivity index (χ4n) is 1.43. The summed E-state index contributed by atoms with van der Waals surface area (Å²) in [5.41, 5.74) is 0.766. The summed E-state index contributed by atoms with van der Waals surface area (Å²) in [6.45, 7) is 0.0993. The first-order chi connectivity index (χ1) is 8.63. The molecule has 2 N–H and O–H groups in total. The Morgan fingerprint density at radius 2 is 2.17 bits per heavy atom. The van der Waals surface area contributed by atoms with Gasteiger partial charge in [-0.15, -0.1) is 0 Å². The van der Waals surface area contributed by atoms with Crippen LogP contribution in [0, 0.1) is 11.3 Å². The topological polar surface area (TPSA) is 98.6 Å². The molecule has 0 saturated heterocycles. The monoisotopic (exact) mass is 262 g/mol. The van der Waals surface area contributed by atoms with Crippen molar-refractivity contribution in [1.82, 2.24) is 14.7 Å². The Labute approximate surface area is 104 Å². The van der Waals surface area contributed by atoms with Crippen LogP contribution in [-0.4, -0.2) is 18.4 Å². The van der Waals surface area contributed by atoms with Gasteiger partial charge in [0.15, 0.2) is 0 Å². The highest BCUT2D eigenvalue weighted by Gasteiger charge is 2.17. The molecule has 0 saturated carbocycles. The molecule has 2 rings (SSSR count). The lowest BCUT2D eigenvalue weighted by Gasteiger charge is -2.06. The number of benzene rings is 1. The van der Waals surface area contributed by atoms with Gasteiger partial charge in [0.2, 0.25) is 10.0 Å². The van der Waals surface area contributed by atoms with Crippen LogP contribution in [0.15, 0.2) is 41.7 Å². The van der Waals surface area contributed by atoms with Crippen molar-refractivity contribution in [3.05, 3.63) is 48.0 Å². The van der Waals surface area contributed by atoms with E-state index in [4.69, 9.17) is 5.26 Å². The second-order valence-corrected chi connectivity index (χ2v) is 5.24. The van der Waals surface area contributed by atoms with Crippen molar-refractivity contribution in [2.75, 3.05) is 0 Å². The number of aromatic amines is 1. The van der Waals surface area contributed by atoms with Crippen molar-refractivity contribution in [2.24, 2.45) is 0 Å². The molecule has 0 aliphatic heterocycles. The molecular formula is C11H10N4O2S. The Hall–Kier alpha value is -2.17. The minimum Gasteiger partial charge on any atom is -0.347 e. The zero-order chi connectivity index (χ0) is 13.0. The maximum atomic E-state index is 12.0. The molecule has 1 aromatic carbocycles. The summed E-state index contributed by atoms with van der Waals surface area (Å²) >= 11 is 0. The lowest BCUT2D eigenvalue weighted by molar-refractivity contribution is 0.580. The summed E-state index contributed by atoms with van der Waals surface area (Å²) < 4.78 is 26.4. The number of hydrogen-bond donors (Lipinski definition) is 2. The van der Waals surface area contributed by atoms with Crippen molar-refractivity contribution in [3.63, 3.8) is 0 Å². The molecular weight excluding hydrogens is 252 g/mol. The quantitative estimate of drug-likeness (QED) is 0.849. The molecule has 0 spiro atoms. The second-order valence-electron chi connectivity index (χ2n) is 3.51. The fraction of sp³-hybridized carbons (Fsp3) is 0.0909. The molecule has 7 heteroatoms. The predicted octanol–water partition coefficient (Wildman–Crippen LogP) is 0.760. The molecule has 0 aliphatic rings. The fourth-order valence-corrected chi connectivity index (χ4v) is 2.59. The van der Waals surface area contributed by atoms with Gasteiger partial charge in [0, 0.05) is 11.9 Å². The van der Waals surface area contributed by atoms with Crippen LogP contribution in [0.2, 0.25) is 0 Å². The molecule has 0 fully saturated rings. The van der Waals surface area contributed by atoms with E-state index in [2.05, 4.69) is 14.7 Å². The Morgan fingerprint density at radius 3 is 2.83 bits per heavy atom. The summed E-state index contributed by atoms with van der Waals surface area (Å²) in [5.74, 6) is 0. The van der Waals surface area contributed by atoms with Crippen LogP contribution in [0.3, 0.4) is 0 Å². The van der Waals surface area contributed by atoms with Crippen LogP contribution in [0.5, 0.6) is 0 Å². The van der Waals surface area contributed by atoms with E-state index in [0.29, 0.717) is 5.69 Å². The molecule has 0 bridgehead atoms. The Morgan fingerprint density at radius 1 is 1.39 bits per heavy atom. The molecule has 0 unspecified atom stereocenters. The van der Waals surface area contributed by atoms with Crippen LogP contribution >= 0.6 is 0 Å². The van der Waals surface area contributed by atoms with Crippen molar-refractivity contribution in [1.29, 1.82) is 5.26 Å². The van der Waals surface area contributed by atoms with E-state index in [1.165, 1.54) is 24.7 Å². The van der Waals surface area contributed by atoms with Crippen molar-refractivity contribution in [2.45, 2.75) is 11.4 Å². The highest BCUT2D eigenvalue weighted by atomic mass is 32.2. The Kier molecular flexibility index (Phi) is 3.41. The van der Waals surface area contributed by atoms with E-state index in [0.717, 1.165) is 0 Å². The second kappa shape index (κ2) is 5.00. The van der Waals surface area contributed by atoms with E-state index in [1.807, 2.05) is 6.07 Å². The maximum Gasteiger partial charge on any atom is 0.242 e. The van der Waals surface area contributed by atoms with Gasteiger partial charge in [0.05, 0.1) is 23.3 Å². The number of nitrogens with zero attached hydrogens (tertiary/aromatic N) is 2. The number of H-pyrrole nitrogens is 1. The predicted molar refractivity (Wildman–Crippen MR) is 63.8 cm³/mol. The largest absolute Gasteiger partial charge is 0.347 e. The van der Waals surface area contributed by atoms with Crippen molar-refractivity contribution < 1.29 is 8.42 Å². The lowest BCUT2D eigenvalue weighted by Crippen LogP contribution is -2.24. The molecule has 2 aromatic rings. The number of nitrogens with one attached hydrogen (secondary N) is 2. The summed E-state index contributed by atoms with van der Waals surface area (Å²) in [7, 11) is -3.70. The van der Waals surface area contributed by atoms with Crippen LogP contribution in [0.4, 0.5) is 0 Å². The number of imidazole rings is 1. The molecule has 0 atom stereocenters. The van der Waals surface area contributed by atoms with E-state index in [-0.39, 0.29) is 17.0 Å². The lowest BCUT2D eigenvalue weighted by atomic mass is 10.2.